The van der Waals surface area contributed by atoms with Gasteiger partial charge in [0.25, 0.3) is 5.91 Å². The van der Waals surface area contributed by atoms with E-state index in [0.29, 0.717) is 5.95 Å². The summed E-state index contributed by atoms with van der Waals surface area (Å²) in [4.78, 5) is 30.0. The van der Waals surface area contributed by atoms with Gasteiger partial charge in [-0.1, -0.05) is 0 Å². The number of carboxylic acid groups (broad SMARTS) is 1. The highest BCUT2D eigenvalue weighted by Gasteiger charge is 2.38. The molecule has 0 saturated heterocycles. The molecule has 0 unspecified atom stereocenters. The Morgan fingerprint density at radius 1 is 1.00 bits per heavy atom. The van der Waals surface area contributed by atoms with Crippen molar-refractivity contribution in [2.24, 2.45) is 0 Å². The molecule has 1 amide bonds. The van der Waals surface area contributed by atoms with Gasteiger partial charge in [-0.3, -0.25) is 4.79 Å². The number of nitrogens with one attached hydrogen (secondary N) is 3. The lowest BCUT2D eigenvalue weighted by Gasteiger charge is -2.29. The number of carboxylic acids is 1. The Hall–Kier alpha value is -3.78. The summed E-state index contributed by atoms with van der Waals surface area (Å²) in [6.45, 7) is 1.93. The maximum Gasteiger partial charge on any atom is 0.573 e. The van der Waals surface area contributed by atoms with E-state index < -0.39 is 18.5 Å². The maximum atomic E-state index is 12.4. The number of benzene rings is 1. The van der Waals surface area contributed by atoms with Crippen LogP contribution in [-0.2, 0) is 4.79 Å². The summed E-state index contributed by atoms with van der Waals surface area (Å²) in [5.41, 5.74) is 1.25. The van der Waals surface area contributed by atoms with Crippen molar-refractivity contribution in [2.75, 3.05) is 17.7 Å². The number of rotatable bonds is 6. The summed E-state index contributed by atoms with van der Waals surface area (Å²) in [7, 11) is 1.81. The van der Waals surface area contributed by atoms with E-state index in [1.807, 2.05) is 14.0 Å². The topological polar surface area (TPSA) is 125 Å². The second-order valence-electron chi connectivity index (χ2n) is 8.02. The largest absolute Gasteiger partial charge is 0.573 e. The SMILES string of the molecule is CNc1nc(NC2CCC(NC(=O)c3ccc(OC(F)(F)F)cc3)CC2)ncc1C.O=C(O)C(F)(F)F. The van der Waals surface area contributed by atoms with E-state index in [1.54, 1.807) is 6.20 Å². The lowest BCUT2D eigenvalue weighted by atomic mass is 9.91. The van der Waals surface area contributed by atoms with E-state index in [4.69, 9.17) is 9.90 Å². The lowest BCUT2D eigenvalue weighted by molar-refractivity contribution is -0.274. The van der Waals surface area contributed by atoms with Gasteiger partial charge in [0.15, 0.2) is 0 Å². The van der Waals surface area contributed by atoms with Gasteiger partial charge in [0.1, 0.15) is 11.6 Å². The van der Waals surface area contributed by atoms with E-state index in [2.05, 4.69) is 30.7 Å². The zero-order valence-electron chi connectivity index (χ0n) is 19.7. The highest BCUT2D eigenvalue weighted by atomic mass is 19.4. The third-order valence-electron chi connectivity index (χ3n) is 5.20. The average molecular weight is 537 g/mol. The number of aromatic nitrogens is 2. The number of aryl methyl sites for hydroxylation is 1. The number of carbonyl (C=O) groups excluding carboxylic acids is 1. The summed E-state index contributed by atoms with van der Waals surface area (Å²) in [6.07, 6.45) is -4.83. The number of nitrogens with zero attached hydrogens (tertiary/aromatic N) is 2. The number of hydrogen-bond donors (Lipinski definition) is 4. The van der Waals surface area contributed by atoms with Gasteiger partial charge in [0, 0.05) is 36.5 Å². The van der Waals surface area contributed by atoms with Gasteiger partial charge in [0.2, 0.25) is 5.95 Å². The molecule has 15 heteroatoms. The molecule has 1 fully saturated rings. The standard InChI is InChI=1S/C20H24F3N5O2.C2HF3O2/c1-12-11-25-19(28-17(12)24-2)27-15-7-5-14(6-8-15)26-18(29)13-3-9-16(10-4-13)30-20(21,22)23;3-2(4,5)1(6)7/h3-4,9-11,14-15H,5-8H2,1-2H3,(H,26,29)(H2,24,25,27,28);(H,6,7). The molecule has 1 aromatic heterocycles. The van der Waals surface area contributed by atoms with E-state index in [1.165, 1.54) is 12.1 Å². The molecule has 0 radical (unpaired) electrons. The predicted molar refractivity (Wildman–Crippen MR) is 120 cm³/mol. The van der Waals surface area contributed by atoms with Crippen molar-refractivity contribution >= 4 is 23.6 Å². The molecule has 9 nitrogen and oxygen atoms in total. The minimum absolute atomic E-state index is 0.00783. The highest BCUT2D eigenvalue weighted by molar-refractivity contribution is 5.94. The van der Waals surface area contributed by atoms with Crippen molar-refractivity contribution < 1.29 is 45.8 Å². The second-order valence-corrected chi connectivity index (χ2v) is 8.02. The Kier molecular flexibility index (Phi) is 9.91. The van der Waals surface area contributed by atoms with Crippen LogP contribution in [0.25, 0.3) is 0 Å². The normalized spacial score (nSPS) is 17.6. The molecule has 1 aromatic carbocycles. The van der Waals surface area contributed by atoms with Gasteiger partial charge in [-0.15, -0.1) is 13.2 Å². The van der Waals surface area contributed by atoms with Gasteiger partial charge in [0.05, 0.1) is 0 Å². The monoisotopic (exact) mass is 537 g/mol. The van der Waals surface area contributed by atoms with Gasteiger partial charge in [-0.2, -0.15) is 18.2 Å². The first-order valence-corrected chi connectivity index (χ1v) is 10.9. The van der Waals surface area contributed by atoms with Crippen molar-refractivity contribution in [1.29, 1.82) is 0 Å². The third-order valence-corrected chi connectivity index (χ3v) is 5.20. The first-order chi connectivity index (χ1) is 17.2. The fourth-order valence-electron chi connectivity index (χ4n) is 3.41. The minimum atomic E-state index is -5.08. The molecule has 1 saturated carbocycles. The smallest absolute Gasteiger partial charge is 0.475 e. The van der Waals surface area contributed by atoms with Crippen LogP contribution in [0.3, 0.4) is 0 Å². The van der Waals surface area contributed by atoms with Crippen LogP contribution in [0, 0.1) is 6.92 Å². The molecule has 1 heterocycles. The van der Waals surface area contributed by atoms with Crippen molar-refractivity contribution in [2.45, 2.75) is 57.2 Å². The Morgan fingerprint density at radius 2 is 1.54 bits per heavy atom. The fraction of sp³-hybridized carbons (Fsp3) is 0.455. The molecule has 1 aliphatic carbocycles. The predicted octanol–water partition coefficient (Wildman–Crippen LogP) is 4.51. The van der Waals surface area contributed by atoms with Crippen LogP contribution >= 0.6 is 0 Å². The fourth-order valence-corrected chi connectivity index (χ4v) is 3.41. The Morgan fingerprint density at radius 3 is 2.03 bits per heavy atom. The van der Waals surface area contributed by atoms with Gasteiger partial charge in [-0.25, -0.2) is 9.78 Å². The number of amides is 1. The molecule has 0 atom stereocenters. The van der Waals surface area contributed by atoms with Gasteiger partial charge < -0.3 is 25.8 Å². The molecule has 37 heavy (non-hydrogen) atoms. The molecule has 4 N–H and O–H groups in total. The van der Waals surface area contributed by atoms with Gasteiger partial charge >= 0.3 is 18.5 Å². The summed E-state index contributed by atoms with van der Waals surface area (Å²) in [5.74, 6) is -2.08. The second kappa shape index (κ2) is 12.5. The zero-order chi connectivity index (χ0) is 27.8. The minimum Gasteiger partial charge on any atom is -0.475 e. The average Bonchev–Trinajstić information content (AvgIpc) is 2.80. The number of aliphatic carboxylic acids is 1. The third kappa shape index (κ3) is 10.0. The number of alkyl halides is 6. The molecule has 2 aromatic rings. The van der Waals surface area contributed by atoms with E-state index in [9.17, 15) is 31.1 Å². The molecule has 204 valence electrons. The van der Waals surface area contributed by atoms with Crippen molar-refractivity contribution in [3.8, 4) is 5.75 Å². The summed E-state index contributed by atoms with van der Waals surface area (Å²) in [6, 6.07) is 5.11. The van der Waals surface area contributed by atoms with Crippen molar-refractivity contribution in [3.05, 3.63) is 41.6 Å². The summed E-state index contributed by atoms with van der Waals surface area (Å²) >= 11 is 0. The van der Waals surface area contributed by atoms with Gasteiger partial charge in [-0.05, 0) is 56.9 Å². The number of carbonyl (C=O) groups is 2. The molecule has 0 bridgehead atoms. The van der Waals surface area contributed by atoms with E-state index >= 15 is 0 Å². The Balaban J connectivity index is 0.000000604. The first-order valence-electron chi connectivity index (χ1n) is 10.9. The number of halogens is 6. The number of ether oxygens (including phenoxy) is 1. The Bertz CT molecular complexity index is 1060. The quantitative estimate of drug-likeness (QED) is 0.397. The van der Waals surface area contributed by atoms with Crippen LogP contribution in [-0.4, -0.2) is 58.6 Å². The van der Waals surface area contributed by atoms with Crippen LogP contribution in [0.1, 0.15) is 41.6 Å². The summed E-state index contributed by atoms with van der Waals surface area (Å²) in [5, 5.41) is 16.4. The van der Waals surface area contributed by atoms with Crippen LogP contribution in [0.4, 0.5) is 38.1 Å². The molecule has 0 aliphatic heterocycles. The zero-order valence-corrected chi connectivity index (χ0v) is 19.7. The number of anilines is 2. The van der Waals surface area contributed by atoms with E-state index in [-0.39, 0.29) is 29.3 Å². The molecule has 0 spiro atoms. The highest BCUT2D eigenvalue weighted by Crippen LogP contribution is 2.24. The first kappa shape index (κ1) is 29.5. The van der Waals surface area contributed by atoms with Crippen molar-refractivity contribution in [1.82, 2.24) is 15.3 Å². The maximum absolute atomic E-state index is 12.4. The summed E-state index contributed by atoms with van der Waals surface area (Å²) < 4.78 is 72.2. The van der Waals surface area contributed by atoms with Crippen LogP contribution in [0.2, 0.25) is 0 Å². The number of hydrogen-bond acceptors (Lipinski definition) is 7. The Labute approximate surface area is 207 Å². The molecular formula is C22H25F6N5O4. The van der Waals surface area contributed by atoms with Crippen LogP contribution in [0.15, 0.2) is 30.5 Å². The molecule has 1 aliphatic rings. The van der Waals surface area contributed by atoms with Crippen molar-refractivity contribution in [3.63, 3.8) is 0 Å². The van der Waals surface area contributed by atoms with Crippen LogP contribution < -0.4 is 20.7 Å². The molecule has 3 rings (SSSR count). The lowest BCUT2D eigenvalue weighted by Crippen LogP contribution is -2.40. The molecular weight excluding hydrogens is 512 g/mol. The van der Waals surface area contributed by atoms with Crippen LogP contribution in [0.5, 0.6) is 5.75 Å². The van der Waals surface area contributed by atoms with E-state index in [0.717, 1.165) is 49.2 Å².